The normalized spacial score (nSPS) is 10.7. The van der Waals surface area contributed by atoms with Gasteiger partial charge in [-0.25, -0.2) is 9.37 Å². The van der Waals surface area contributed by atoms with Crippen LogP contribution < -0.4 is 0 Å². The minimum atomic E-state index is -0.949. The van der Waals surface area contributed by atoms with Crippen LogP contribution in [0.3, 0.4) is 0 Å². The Kier molecular flexibility index (Phi) is 4.07. The van der Waals surface area contributed by atoms with E-state index in [0.29, 0.717) is 5.56 Å². The monoisotopic (exact) mass is 303 g/mol. The van der Waals surface area contributed by atoms with Gasteiger partial charge in [0.05, 0.1) is 22.7 Å². The summed E-state index contributed by atoms with van der Waals surface area (Å²) in [5.41, 5.74) is 0.317. The number of oxazole rings is 1. The number of aliphatic carboxylic acids is 1. The number of benzene rings is 1. The molecule has 100 valence electrons. The number of hydrogen-bond acceptors (Lipinski definition) is 3. The molecule has 0 saturated heterocycles. The van der Waals surface area contributed by atoms with E-state index in [0.717, 1.165) is 6.07 Å². The quantitative estimate of drug-likeness (QED) is 0.873. The van der Waals surface area contributed by atoms with Crippen molar-refractivity contribution in [1.29, 1.82) is 0 Å². The fraction of sp³-hybridized carbons (Fsp3) is 0.167. The van der Waals surface area contributed by atoms with Crippen molar-refractivity contribution in [2.45, 2.75) is 12.8 Å². The first-order valence-electron chi connectivity index (χ1n) is 5.29. The SMILES string of the molecule is O=C(O)CCc1ncc(-c2cc(F)c(Cl)cc2Cl)o1. The Balaban J connectivity index is 2.27. The van der Waals surface area contributed by atoms with Gasteiger partial charge in [0, 0.05) is 12.0 Å². The van der Waals surface area contributed by atoms with Gasteiger partial charge in [0.15, 0.2) is 11.7 Å². The first-order valence-corrected chi connectivity index (χ1v) is 6.04. The van der Waals surface area contributed by atoms with Gasteiger partial charge in [-0.1, -0.05) is 23.2 Å². The van der Waals surface area contributed by atoms with Crippen LogP contribution >= 0.6 is 23.2 Å². The topological polar surface area (TPSA) is 63.3 Å². The summed E-state index contributed by atoms with van der Waals surface area (Å²) < 4.78 is 18.7. The molecule has 1 aromatic heterocycles. The summed E-state index contributed by atoms with van der Waals surface area (Å²) in [5, 5.41) is 8.70. The first kappa shape index (κ1) is 13.8. The van der Waals surface area contributed by atoms with E-state index in [1.807, 2.05) is 0 Å². The molecule has 19 heavy (non-hydrogen) atoms. The van der Waals surface area contributed by atoms with Gasteiger partial charge in [0.2, 0.25) is 0 Å². The molecule has 0 bridgehead atoms. The summed E-state index contributed by atoms with van der Waals surface area (Å²) in [6, 6.07) is 2.42. The summed E-state index contributed by atoms with van der Waals surface area (Å²) in [6.45, 7) is 0. The van der Waals surface area contributed by atoms with Crippen LogP contribution in [0.25, 0.3) is 11.3 Å². The molecule has 0 spiro atoms. The second-order valence-corrected chi connectivity index (χ2v) is 4.57. The van der Waals surface area contributed by atoms with Gasteiger partial charge in [-0.15, -0.1) is 0 Å². The Labute approximate surface area is 117 Å². The molecule has 1 heterocycles. The lowest BCUT2D eigenvalue weighted by Gasteiger charge is -2.02. The van der Waals surface area contributed by atoms with Crippen molar-refractivity contribution >= 4 is 29.2 Å². The highest BCUT2D eigenvalue weighted by molar-refractivity contribution is 6.36. The van der Waals surface area contributed by atoms with E-state index in [1.165, 1.54) is 12.3 Å². The van der Waals surface area contributed by atoms with Crippen LogP contribution in [0, 0.1) is 5.82 Å². The second kappa shape index (κ2) is 5.59. The highest BCUT2D eigenvalue weighted by Gasteiger charge is 2.14. The van der Waals surface area contributed by atoms with Crippen LogP contribution in [0.15, 0.2) is 22.7 Å². The molecule has 0 radical (unpaired) electrons. The number of carboxylic acids is 1. The molecule has 0 aliphatic carbocycles. The van der Waals surface area contributed by atoms with Gasteiger partial charge in [0.1, 0.15) is 5.82 Å². The summed E-state index contributed by atoms with van der Waals surface area (Å²) in [6.07, 6.45) is 1.43. The molecule has 2 aromatic rings. The number of carbonyl (C=O) groups is 1. The number of aromatic nitrogens is 1. The molecule has 0 aliphatic rings. The number of halogens is 3. The zero-order valence-corrected chi connectivity index (χ0v) is 11.0. The Morgan fingerprint density at radius 3 is 2.79 bits per heavy atom. The van der Waals surface area contributed by atoms with Crippen molar-refractivity contribution in [3.8, 4) is 11.3 Å². The van der Waals surface area contributed by atoms with E-state index in [1.54, 1.807) is 0 Å². The van der Waals surface area contributed by atoms with Gasteiger partial charge in [-0.3, -0.25) is 4.79 Å². The van der Waals surface area contributed by atoms with E-state index in [-0.39, 0.29) is 34.5 Å². The van der Waals surface area contributed by atoms with Gasteiger partial charge in [-0.2, -0.15) is 0 Å². The molecule has 0 saturated carbocycles. The Hall–Kier alpha value is -1.59. The van der Waals surface area contributed by atoms with Gasteiger partial charge >= 0.3 is 5.97 Å². The van der Waals surface area contributed by atoms with Crippen LogP contribution in [0.4, 0.5) is 4.39 Å². The van der Waals surface area contributed by atoms with Crippen molar-refractivity contribution in [1.82, 2.24) is 4.98 Å². The third kappa shape index (κ3) is 3.24. The van der Waals surface area contributed by atoms with Gasteiger partial charge in [0.25, 0.3) is 0 Å². The zero-order chi connectivity index (χ0) is 14.0. The number of carboxylic acid groups (broad SMARTS) is 1. The molecule has 7 heteroatoms. The number of rotatable bonds is 4. The molecule has 2 rings (SSSR count). The standard InChI is InChI=1S/C12H8Cl2FNO3/c13-7-4-8(14)9(15)3-6(7)10-5-16-11(19-10)1-2-12(17)18/h3-5H,1-2H2,(H,17,18). The molecular weight excluding hydrogens is 296 g/mol. The van der Waals surface area contributed by atoms with Gasteiger partial charge < -0.3 is 9.52 Å². The highest BCUT2D eigenvalue weighted by atomic mass is 35.5. The fourth-order valence-corrected chi connectivity index (χ4v) is 1.95. The highest BCUT2D eigenvalue weighted by Crippen LogP contribution is 2.32. The molecule has 0 fully saturated rings. The number of hydrogen-bond donors (Lipinski definition) is 1. The number of aryl methyl sites for hydroxylation is 1. The molecule has 0 aliphatic heterocycles. The largest absolute Gasteiger partial charge is 0.481 e. The lowest BCUT2D eigenvalue weighted by atomic mass is 10.2. The summed E-state index contributed by atoms with van der Waals surface area (Å²) >= 11 is 11.5. The molecule has 1 N–H and O–H groups in total. The van der Waals surface area contributed by atoms with Crippen molar-refractivity contribution < 1.29 is 18.7 Å². The third-order valence-electron chi connectivity index (χ3n) is 2.38. The Morgan fingerprint density at radius 1 is 1.37 bits per heavy atom. The summed E-state index contributed by atoms with van der Waals surface area (Å²) in [7, 11) is 0. The van der Waals surface area contributed by atoms with Gasteiger partial charge in [-0.05, 0) is 12.1 Å². The van der Waals surface area contributed by atoms with Crippen LogP contribution in [0.2, 0.25) is 10.0 Å². The number of nitrogens with zero attached hydrogens (tertiary/aromatic N) is 1. The molecule has 0 unspecified atom stereocenters. The smallest absolute Gasteiger partial charge is 0.303 e. The summed E-state index contributed by atoms with van der Waals surface area (Å²) in [5.74, 6) is -1.05. The lowest BCUT2D eigenvalue weighted by molar-refractivity contribution is -0.137. The van der Waals surface area contributed by atoms with Crippen LogP contribution in [-0.4, -0.2) is 16.1 Å². The predicted octanol–water partition coefficient (Wildman–Crippen LogP) is 3.80. The van der Waals surface area contributed by atoms with E-state index < -0.39 is 11.8 Å². The lowest BCUT2D eigenvalue weighted by Crippen LogP contribution is -1.97. The van der Waals surface area contributed by atoms with Crippen molar-refractivity contribution in [2.24, 2.45) is 0 Å². The van der Waals surface area contributed by atoms with Crippen molar-refractivity contribution in [3.63, 3.8) is 0 Å². The van der Waals surface area contributed by atoms with E-state index >= 15 is 0 Å². The van der Waals surface area contributed by atoms with E-state index in [4.69, 9.17) is 32.7 Å². The summed E-state index contributed by atoms with van der Waals surface area (Å²) in [4.78, 5) is 14.3. The first-order chi connectivity index (χ1) is 8.97. The van der Waals surface area contributed by atoms with Crippen LogP contribution in [0.1, 0.15) is 12.3 Å². The van der Waals surface area contributed by atoms with Crippen LogP contribution in [-0.2, 0) is 11.2 Å². The van der Waals surface area contributed by atoms with E-state index in [2.05, 4.69) is 4.98 Å². The van der Waals surface area contributed by atoms with E-state index in [9.17, 15) is 9.18 Å². The molecular formula is C12H8Cl2FNO3. The maximum absolute atomic E-state index is 13.4. The fourth-order valence-electron chi connectivity index (χ4n) is 1.48. The minimum absolute atomic E-state index is 0.0839. The molecule has 1 aromatic carbocycles. The Bertz CT molecular complexity index is 627. The molecule has 0 amide bonds. The zero-order valence-electron chi connectivity index (χ0n) is 9.49. The predicted molar refractivity (Wildman–Crippen MR) is 67.9 cm³/mol. The second-order valence-electron chi connectivity index (χ2n) is 3.76. The average molecular weight is 304 g/mol. The molecule has 4 nitrogen and oxygen atoms in total. The van der Waals surface area contributed by atoms with Crippen molar-refractivity contribution in [3.05, 3.63) is 40.1 Å². The molecule has 0 atom stereocenters. The van der Waals surface area contributed by atoms with Crippen molar-refractivity contribution in [2.75, 3.05) is 0 Å². The maximum Gasteiger partial charge on any atom is 0.303 e. The maximum atomic E-state index is 13.4. The van der Waals surface area contributed by atoms with Crippen LogP contribution in [0.5, 0.6) is 0 Å². The average Bonchev–Trinajstić information content (AvgIpc) is 2.80. The third-order valence-corrected chi connectivity index (χ3v) is 2.98. The Morgan fingerprint density at radius 2 is 2.11 bits per heavy atom. The minimum Gasteiger partial charge on any atom is -0.481 e.